The highest BCUT2D eigenvalue weighted by atomic mass is 16.5. The molecule has 0 bridgehead atoms. The van der Waals surface area contributed by atoms with E-state index in [-0.39, 0.29) is 6.04 Å². The molecule has 10 heavy (non-hydrogen) atoms. The largest absolute Gasteiger partial charge is 0.379 e. The number of ether oxygens (including phenoxy) is 2. The first kappa shape index (κ1) is 7.98. The molecule has 0 amide bonds. The van der Waals surface area contributed by atoms with Gasteiger partial charge in [-0.05, 0) is 13.3 Å². The molecule has 0 aliphatic carbocycles. The lowest BCUT2D eigenvalue weighted by Gasteiger charge is -2.11. The second-order valence-corrected chi connectivity index (χ2v) is 2.80. The van der Waals surface area contributed by atoms with Crippen LogP contribution in [0, 0.1) is 0 Å². The van der Waals surface area contributed by atoms with E-state index in [0.717, 1.165) is 19.6 Å². The van der Waals surface area contributed by atoms with Gasteiger partial charge in [0.05, 0.1) is 19.3 Å². The highest BCUT2D eigenvalue weighted by Gasteiger charge is 2.15. The van der Waals surface area contributed by atoms with Gasteiger partial charge >= 0.3 is 0 Å². The van der Waals surface area contributed by atoms with E-state index < -0.39 is 0 Å². The van der Waals surface area contributed by atoms with Gasteiger partial charge < -0.3 is 15.2 Å². The normalized spacial score (nSPS) is 28.8. The topological polar surface area (TPSA) is 44.5 Å². The van der Waals surface area contributed by atoms with Crippen LogP contribution in [0.15, 0.2) is 0 Å². The van der Waals surface area contributed by atoms with Crippen molar-refractivity contribution in [2.75, 3.05) is 19.8 Å². The predicted molar refractivity (Wildman–Crippen MR) is 38.8 cm³/mol. The van der Waals surface area contributed by atoms with Crippen LogP contribution in [0.25, 0.3) is 0 Å². The maximum absolute atomic E-state index is 5.50. The van der Waals surface area contributed by atoms with Crippen molar-refractivity contribution in [3.05, 3.63) is 0 Å². The molecule has 1 rings (SSSR count). The zero-order valence-corrected chi connectivity index (χ0v) is 6.38. The molecule has 60 valence electrons. The summed E-state index contributed by atoms with van der Waals surface area (Å²) < 4.78 is 10.5. The Bertz CT molecular complexity index is 89.6. The Balaban J connectivity index is 2.01. The third-order valence-electron chi connectivity index (χ3n) is 1.48. The van der Waals surface area contributed by atoms with Gasteiger partial charge in [-0.2, -0.15) is 0 Å². The smallest absolute Gasteiger partial charge is 0.0831 e. The fourth-order valence-corrected chi connectivity index (χ4v) is 0.932. The lowest BCUT2D eigenvalue weighted by Crippen LogP contribution is -2.26. The number of hydrogen-bond donors (Lipinski definition) is 1. The minimum Gasteiger partial charge on any atom is -0.379 e. The molecule has 2 atom stereocenters. The second kappa shape index (κ2) is 3.91. The van der Waals surface area contributed by atoms with Crippen molar-refractivity contribution in [3.63, 3.8) is 0 Å². The summed E-state index contributed by atoms with van der Waals surface area (Å²) in [4.78, 5) is 0. The minimum atomic E-state index is 0.139. The number of rotatable bonds is 3. The SMILES string of the molecule is C[C@@H](N)COC1CCOC1. The van der Waals surface area contributed by atoms with Gasteiger partial charge in [0, 0.05) is 12.6 Å². The Kier molecular flexibility index (Phi) is 3.12. The zero-order valence-electron chi connectivity index (χ0n) is 6.38. The van der Waals surface area contributed by atoms with Crippen LogP contribution >= 0.6 is 0 Å². The monoisotopic (exact) mass is 145 g/mol. The molecular weight excluding hydrogens is 130 g/mol. The second-order valence-electron chi connectivity index (χ2n) is 2.80. The summed E-state index contributed by atoms with van der Waals surface area (Å²) in [5.74, 6) is 0. The Morgan fingerprint density at radius 1 is 1.80 bits per heavy atom. The van der Waals surface area contributed by atoms with Crippen molar-refractivity contribution in [1.29, 1.82) is 0 Å². The molecule has 0 aromatic heterocycles. The van der Waals surface area contributed by atoms with E-state index in [1.54, 1.807) is 0 Å². The lowest BCUT2D eigenvalue weighted by molar-refractivity contribution is 0.0373. The fraction of sp³-hybridized carbons (Fsp3) is 1.00. The van der Waals surface area contributed by atoms with E-state index in [9.17, 15) is 0 Å². The summed E-state index contributed by atoms with van der Waals surface area (Å²) in [5.41, 5.74) is 5.50. The van der Waals surface area contributed by atoms with E-state index >= 15 is 0 Å². The van der Waals surface area contributed by atoms with E-state index in [1.807, 2.05) is 6.92 Å². The van der Waals surface area contributed by atoms with Gasteiger partial charge in [-0.1, -0.05) is 0 Å². The molecule has 3 heteroatoms. The Labute approximate surface area is 61.5 Å². The highest BCUT2D eigenvalue weighted by molar-refractivity contribution is 4.64. The number of nitrogens with two attached hydrogens (primary N) is 1. The molecule has 0 radical (unpaired) electrons. The van der Waals surface area contributed by atoms with Crippen LogP contribution in [0.1, 0.15) is 13.3 Å². The summed E-state index contributed by atoms with van der Waals surface area (Å²) in [6.07, 6.45) is 1.32. The first-order chi connectivity index (χ1) is 4.79. The van der Waals surface area contributed by atoms with Crippen molar-refractivity contribution < 1.29 is 9.47 Å². The molecule has 1 saturated heterocycles. The van der Waals surface area contributed by atoms with Crippen LogP contribution in [0.4, 0.5) is 0 Å². The van der Waals surface area contributed by atoms with Gasteiger partial charge in [-0.3, -0.25) is 0 Å². The maximum Gasteiger partial charge on any atom is 0.0831 e. The van der Waals surface area contributed by atoms with Gasteiger partial charge in [0.15, 0.2) is 0 Å². The van der Waals surface area contributed by atoms with Crippen molar-refractivity contribution in [1.82, 2.24) is 0 Å². The van der Waals surface area contributed by atoms with Crippen LogP contribution in [0.2, 0.25) is 0 Å². The Morgan fingerprint density at radius 3 is 3.10 bits per heavy atom. The summed E-state index contributed by atoms with van der Waals surface area (Å²) >= 11 is 0. The maximum atomic E-state index is 5.50. The Morgan fingerprint density at radius 2 is 2.60 bits per heavy atom. The van der Waals surface area contributed by atoms with E-state index in [1.165, 1.54) is 0 Å². The zero-order chi connectivity index (χ0) is 7.40. The molecule has 0 aromatic rings. The van der Waals surface area contributed by atoms with Crippen LogP contribution < -0.4 is 5.73 Å². The van der Waals surface area contributed by atoms with Crippen molar-refractivity contribution in [2.45, 2.75) is 25.5 Å². The minimum absolute atomic E-state index is 0.139. The van der Waals surface area contributed by atoms with Crippen LogP contribution in [-0.4, -0.2) is 32.0 Å². The molecule has 0 saturated carbocycles. The molecule has 3 nitrogen and oxygen atoms in total. The van der Waals surface area contributed by atoms with Crippen molar-refractivity contribution in [3.8, 4) is 0 Å². The molecule has 1 fully saturated rings. The molecule has 1 aliphatic rings. The summed E-state index contributed by atoms with van der Waals surface area (Å²) in [6, 6.07) is 0.139. The van der Waals surface area contributed by atoms with Gasteiger partial charge in [-0.15, -0.1) is 0 Å². The average molecular weight is 145 g/mol. The molecule has 2 N–H and O–H groups in total. The van der Waals surface area contributed by atoms with Gasteiger partial charge in [-0.25, -0.2) is 0 Å². The van der Waals surface area contributed by atoms with Gasteiger partial charge in [0.2, 0.25) is 0 Å². The Hall–Kier alpha value is -0.120. The fourth-order valence-electron chi connectivity index (χ4n) is 0.932. The van der Waals surface area contributed by atoms with Gasteiger partial charge in [0.1, 0.15) is 0 Å². The summed E-state index contributed by atoms with van der Waals surface area (Å²) in [7, 11) is 0. The summed E-state index contributed by atoms with van der Waals surface area (Å²) in [6.45, 7) is 4.17. The average Bonchev–Trinajstić information content (AvgIpc) is 2.34. The quantitative estimate of drug-likeness (QED) is 0.614. The number of hydrogen-bond acceptors (Lipinski definition) is 3. The molecule has 0 spiro atoms. The standard InChI is InChI=1S/C7H15NO2/c1-6(8)4-10-7-2-3-9-5-7/h6-7H,2-5,8H2,1H3/t6-,7?/m1/s1. The predicted octanol–water partition coefficient (Wildman–Crippen LogP) is 0.139. The summed E-state index contributed by atoms with van der Waals surface area (Å²) in [5, 5.41) is 0. The first-order valence-corrected chi connectivity index (χ1v) is 3.74. The molecule has 1 aliphatic heterocycles. The van der Waals surface area contributed by atoms with Crippen molar-refractivity contribution >= 4 is 0 Å². The van der Waals surface area contributed by atoms with Crippen molar-refractivity contribution in [2.24, 2.45) is 5.73 Å². The molecule has 1 unspecified atom stereocenters. The van der Waals surface area contributed by atoms with E-state index in [4.69, 9.17) is 15.2 Å². The third-order valence-corrected chi connectivity index (χ3v) is 1.48. The van der Waals surface area contributed by atoms with Gasteiger partial charge in [0.25, 0.3) is 0 Å². The van der Waals surface area contributed by atoms with E-state index in [0.29, 0.717) is 12.7 Å². The van der Waals surface area contributed by atoms with Crippen LogP contribution in [-0.2, 0) is 9.47 Å². The van der Waals surface area contributed by atoms with Crippen LogP contribution in [0.5, 0.6) is 0 Å². The molecule has 1 heterocycles. The lowest BCUT2D eigenvalue weighted by atomic mass is 10.3. The van der Waals surface area contributed by atoms with Crippen LogP contribution in [0.3, 0.4) is 0 Å². The van der Waals surface area contributed by atoms with E-state index in [2.05, 4.69) is 0 Å². The first-order valence-electron chi connectivity index (χ1n) is 3.74. The molecular formula is C7H15NO2. The molecule has 0 aromatic carbocycles. The highest BCUT2D eigenvalue weighted by Crippen LogP contribution is 2.07. The third kappa shape index (κ3) is 2.64.